The lowest BCUT2D eigenvalue weighted by molar-refractivity contribution is -0.253. The van der Waals surface area contributed by atoms with Gasteiger partial charge in [0.15, 0.2) is 0 Å². The molecule has 0 spiro atoms. The molecule has 1 atom stereocenters. The Bertz CT molecular complexity index is 1680. The van der Waals surface area contributed by atoms with Crippen molar-refractivity contribution in [3.05, 3.63) is 136 Å². The van der Waals surface area contributed by atoms with Crippen molar-refractivity contribution in [2.75, 3.05) is 0 Å². The number of nitrogens with two attached hydrogens (primary N) is 1. The summed E-state index contributed by atoms with van der Waals surface area (Å²) in [5, 5.41) is 2.49. The van der Waals surface area contributed by atoms with Crippen LogP contribution in [0.1, 0.15) is 38.2 Å². The fraction of sp³-hybridized carbons (Fsp3) is 0.194. The minimum atomic E-state index is -5.20. The average Bonchev–Trinajstić information content (AvgIpc) is 2.96. The molecule has 4 rings (SSSR count). The maximum Gasteiger partial charge on any atom is 0.461 e. The van der Waals surface area contributed by atoms with Crippen LogP contribution in [0.15, 0.2) is 84.9 Å². The number of ether oxygens (including phenoxy) is 1. The Morgan fingerprint density at radius 3 is 2.09 bits per heavy atom. The van der Waals surface area contributed by atoms with Gasteiger partial charge in [-0.3, -0.25) is 4.79 Å². The molecule has 3 N–H and O–H groups in total. The van der Waals surface area contributed by atoms with Crippen LogP contribution in [0.5, 0.6) is 5.75 Å². The molecule has 0 heterocycles. The Morgan fingerprint density at radius 2 is 1.47 bits per heavy atom. The molecule has 4 aromatic rings. The highest BCUT2D eigenvalue weighted by molar-refractivity contribution is 5.95. The van der Waals surface area contributed by atoms with E-state index < -0.39 is 70.0 Å². The number of carbonyl (C=O) groups excluding carboxylic acids is 1. The summed E-state index contributed by atoms with van der Waals surface area (Å²) in [6.07, 6.45) is -15.0. The molecule has 4 nitrogen and oxygen atoms in total. The van der Waals surface area contributed by atoms with Crippen LogP contribution < -0.4 is 15.8 Å². The van der Waals surface area contributed by atoms with E-state index in [9.17, 15) is 44.3 Å². The first-order valence-electron chi connectivity index (χ1n) is 12.9. The van der Waals surface area contributed by atoms with Crippen molar-refractivity contribution in [1.82, 2.24) is 5.32 Å². The van der Waals surface area contributed by atoms with Gasteiger partial charge in [0.2, 0.25) is 0 Å². The van der Waals surface area contributed by atoms with Crippen molar-refractivity contribution in [3.63, 3.8) is 0 Å². The number of halogens is 10. The van der Waals surface area contributed by atoms with E-state index in [-0.39, 0.29) is 30.2 Å². The number of rotatable bonds is 10. The van der Waals surface area contributed by atoms with E-state index in [1.165, 1.54) is 12.1 Å². The number of amides is 1. The molecular weight excluding hydrogens is 622 g/mol. The summed E-state index contributed by atoms with van der Waals surface area (Å²) in [4.78, 5) is 13.7. The first kappa shape index (κ1) is 33.3. The van der Waals surface area contributed by atoms with Crippen LogP contribution in [0.2, 0.25) is 0 Å². The van der Waals surface area contributed by atoms with E-state index >= 15 is 4.39 Å². The second kappa shape index (κ2) is 12.8. The Balaban J connectivity index is 2.00. The summed E-state index contributed by atoms with van der Waals surface area (Å²) >= 11 is 0. The van der Waals surface area contributed by atoms with Gasteiger partial charge in [0, 0.05) is 30.2 Å². The number of nitrogens with one attached hydrogen (secondary N) is 1. The molecule has 45 heavy (non-hydrogen) atoms. The van der Waals surface area contributed by atoms with Crippen molar-refractivity contribution in [3.8, 4) is 5.75 Å². The molecule has 0 aliphatic carbocycles. The smallest absolute Gasteiger partial charge is 0.428 e. The third kappa shape index (κ3) is 7.39. The van der Waals surface area contributed by atoms with Gasteiger partial charge in [-0.1, -0.05) is 36.4 Å². The average molecular weight is 645 g/mol. The minimum Gasteiger partial charge on any atom is -0.428 e. The molecule has 1 amide bonds. The van der Waals surface area contributed by atoms with Crippen molar-refractivity contribution in [2.45, 2.75) is 37.2 Å². The van der Waals surface area contributed by atoms with Gasteiger partial charge in [-0.15, -0.1) is 0 Å². The van der Waals surface area contributed by atoms with Gasteiger partial charge in [-0.25, -0.2) is 13.2 Å². The van der Waals surface area contributed by atoms with Gasteiger partial charge in [-0.2, -0.15) is 30.7 Å². The quantitative estimate of drug-likeness (QED) is 0.174. The largest absolute Gasteiger partial charge is 0.461 e. The van der Waals surface area contributed by atoms with Crippen LogP contribution in [0, 0.1) is 17.5 Å². The molecular formula is C31H22F10N2O2. The SMILES string of the molecule is NCc1cc([C@@](Cc2ccccc2)(NC(=O)c2ccc(F)c(C(F)(F)F)c2)c2cc(F)cc(OC(F)(F)C(F)F)c2)ccc1F. The number of benzene rings is 4. The molecule has 0 fully saturated rings. The Morgan fingerprint density at radius 1 is 0.800 bits per heavy atom. The summed E-state index contributed by atoms with van der Waals surface area (Å²) in [5.41, 5.74) is 0.834. The molecule has 0 unspecified atom stereocenters. The van der Waals surface area contributed by atoms with E-state index in [4.69, 9.17) is 5.73 Å². The summed E-state index contributed by atoms with van der Waals surface area (Å²) in [5.74, 6) is -6.13. The zero-order valence-corrected chi connectivity index (χ0v) is 22.7. The van der Waals surface area contributed by atoms with E-state index in [1.807, 2.05) is 0 Å². The van der Waals surface area contributed by atoms with E-state index in [1.54, 1.807) is 18.2 Å². The lowest BCUT2D eigenvalue weighted by Gasteiger charge is -2.37. The molecule has 0 saturated heterocycles. The summed E-state index contributed by atoms with van der Waals surface area (Å²) in [6.45, 7) is -0.389. The fourth-order valence-electron chi connectivity index (χ4n) is 4.68. The molecule has 4 aromatic carbocycles. The number of alkyl halides is 7. The van der Waals surface area contributed by atoms with Crippen molar-refractivity contribution < 1.29 is 53.4 Å². The van der Waals surface area contributed by atoms with Crippen LogP contribution in [-0.2, 0) is 24.7 Å². The number of hydrogen-bond donors (Lipinski definition) is 2. The summed E-state index contributed by atoms with van der Waals surface area (Å²) in [6, 6.07) is 14.3. The monoisotopic (exact) mass is 644 g/mol. The first-order chi connectivity index (χ1) is 21.1. The van der Waals surface area contributed by atoms with Gasteiger partial charge in [0.05, 0.1) is 11.1 Å². The third-order valence-electron chi connectivity index (χ3n) is 6.80. The molecule has 14 heteroatoms. The van der Waals surface area contributed by atoms with Crippen LogP contribution in [-0.4, -0.2) is 18.4 Å². The normalized spacial score (nSPS) is 13.4. The predicted octanol–water partition coefficient (Wildman–Crippen LogP) is 7.73. The van der Waals surface area contributed by atoms with Gasteiger partial charge in [0.1, 0.15) is 23.2 Å². The minimum absolute atomic E-state index is 0.0584. The van der Waals surface area contributed by atoms with Crippen molar-refractivity contribution >= 4 is 5.91 Å². The van der Waals surface area contributed by atoms with Crippen LogP contribution in [0.4, 0.5) is 43.9 Å². The second-order valence-electron chi connectivity index (χ2n) is 9.86. The van der Waals surface area contributed by atoms with Crippen LogP contribution >= 0.6 is 0 Å². The van der Waals surface area contributed by atoms with Crippen LogP contribution in [0.25, 0.3) is 0 Å². The van der Waals surface area contributed by atoms with Gasteiger partial charge in [0.25, 0.3) is 5.91 Å². The highest BCUT2D eigenvalue weighted by Gasteiger charge is 2.45. The molecule has 238 valence electrons. The molecule has 0 aliphatic rings. The van der Waals surface area contributed by atoms with E-state index in [0.29, 0.717) is 17.7 Å². The Hall–Kier alpha value is -4.59. The zero-order valence-electron chi connectivity index (χ0n) is 22.7. The molecule has 0 aliphatic heterocycles. The Kier molecular flexibility index (Phi) is 9.47. The standard InChI is InChI=1S/C31H22F10N2O2/c32-22-12-21(13-23(14-22)45-31(40,41)28(35)36)29(15-17-4-2-1-3-5-17,20-7-9-25(33)19(10-20)16-42)43-27(44)18-6-8-26(34)24(11-18)30(37,38)39/h1-14,28H,15-16,42H2,(H,43,44)/t29-/m1/s1. The van der Waals surface area contributed by atoms with Gasteiger partial charge in [-0.05, 0) is 59.2 Å². The predicted molar refractivity (Wildman–Crippen MR) is 142 cm³/mol. The van der Waals surface area contributed by atoms with Gasteiger partial charge >= 0.3 is 18.7 Å². The molecule has 0 radical (unpaired) electrons. The van der Waals surface area contributed by atoms with Crippen LogP contribution in [0.3, 0.4) is 0 Å². The molecule has 0 bridgehead atoms. The van der Waals surface area contributed by atoms with Crippen molar-refractivity contribution in [2.24, 2.45) is 5.73 Å². The lowest BCUT2D eigenvalue weighted by atomic mass is 9.77. The highest BCUT2D eigenvalue weighted by atomic mass is 19.4. The third-order valence-corrected chi connectivity index (χ3v) is 6.80. The van der Waals surface area contributed by atoms with E-state index in [2.05, 4.69) is 10.1 Å². The number of carbonyl (C=O) groups is 1. The Labute approximate surface area is 249 Å². The fourth-order valence-corrected chi connectivity index (χ4v) is 4.68. The lowest BCUT2D eigenvalue weighted by Crippen LogP contribution is -2.49. The highest BCUT2D eigenvalue weighted by Crippen LogP contribution is 2.39. The number of hydrogen-bond acceptors (Lipinski definition) is 3. The molecule has 0 saturated carbocycles. The summed E-state index contributed by atoms with van der Waals surface area (Å²) < 4.78 is 142. The zero-order chi connectivity index (χ0) is 33.2. The van der Waals surface area contributed by atoms with E-state index in [0.717, 1.165) is 36.4 Å². The topological polar surface area (TPSA) is 64.3 Å². The van der Waals surface area contributed by atoms with Crippen molar-refractivity contribution in [1.29, 1.82) is 0 Å². The second-order valence-corrected chi connectivity index (χ2v) is 9.86. The summed E-state index contributed by atoms with van der Waals surface area (Å²) in [7, 11) is 0. The molecule has 0 aromatic heterocycles. The maximum absolute atomic E-state index is 15.0. The van der Waals surface area contributed by atoms with Gasteiger partial charge < -0.3 is 15.8 Å². The maximum atomic E-state index is 15.0. The first-order valence-corrected chi connectivity index (χ1v) is 12.9.